The van der Waals surface area contributed by atoms with E-state index in [2.05, 4.69) is 5.32 Å². The number of amides is 2. The van der Waals surface area contributed by atoms with Crippen molar-refractivity contribution in [3.63, 3.8) is 0 Å². The Morgan fingerprint density at radius 3 is 2.19 bits per heavy atom. The lowest BCUT2D eigenvalue weighted by atomic mass is 10.1. The van der Waals surface area contributed by atoms with Gasteiger partial charge < -0.3 is 19.7 Å². The van der Waals surface area contributed by atoms with E-state index in [0.29, 0.717) is 17.2 Å². The molecule has 2 rings (SSSR count). The van der Waals surface area contributed by atoms with E-state index in [-0.39, 0.29) is 29.9 Å². The van der Waals surface area contributed by atoms with Crippen LogP contribution in [-0.2, 0) is 26.2 Å². The minimum absolute atomic E-state index is 0.0809. The van der Waals surface area contributed by atoms with Crippen LogP contribution in [0.4, 0.5) is 5.69 Å². The van der Waals surface area contributed by atoms with Gasteiger partial charge in [0.2, 0.25) is 21.8 Å². The first-order valence-corrected chi connectivity index (χ1v) is 14.2. The highest BCUT2D eigenvalue weighted by Crippen LogP contribution is 2.34. The molecule has 0 unspecified atom stereocenters. The lowest BCUT2D eigenvalue weighted by Gasteiger charge is -2.33. The number of ether oxygens (including phenoxy) is 2. The van der Waals surface area contributed by atoms with Gasteiger partial charge in [0.25, 0.3) is 0 Å². The number of hydrogen-bond donors (Lipinski definition) is 1. The zero-order chi connectivity index (χ0) is 27.8. The summed E-state index contributed by atoms with van der Waals surface area (Å²) in [6, 6.07) is 10.7. The van der Waals surface area contributed by atoms with Gasteiger partial charge in [0, 0.05) is 23.7 Å². The van der Waals surface area contributed by atoms with Crippen molar-refractivity contribution >= 4 is 39.1 Å². The maximum atomic E-state index is 13.8. The van der Waals surface area contributed by atoms with Gasteiger partial charge in [-0.05, 0) is 49.6 Å². The minimum atomic E-state index is -3.93. The lowest BCUT2D eigenvalue weighted by molar-refractivity contribution is -0.140. The summed E-state index contributed by atoms with van der Waals surface area (Å²) in [6.07, 6.45) is 2.07. The van der Waals surface area contributed by atoms with E-state index in [4.69, 9.17) is 21.1 Å². The molecule has 0 radical (unpaired) electrons. The molecule has 204 valence electrons. The van der Waals surface area contributed by atoms with Crippen molar-refractivity contribution in [2.75, 3.05) is 31.3 Å². The number of hydrogen-bond acceptors (Lipinski definition) is 6. The fourth-order valence-electron chi connectivity index (χ4n) is 3.73. The summed E-state index contributed by atoms with van der Waals surface area (Å²) in [5.74, 6) is -0.195. The molecule has 0 saturated carbocycles. The van der Waals surface area contributed by atoms with Gasteiger partial charge in [-0.3, -0.25) is 13.9 Å². The van der Waals surface area contributed by atoms with E-state index in [1.807, 2.05) is 20.8 Å². The summed E-state index contributed by atoms with van der Waals surface area (Å²) in [5.41, 5.74) is 0.902. The number of halogens is 1. The van der Waals surface area contributed by atoms with Crippen LogP contribution in [0.25, 0.3) is 0 Å². The second-order valence-electron chi connectivity index (χ2n) is 8.70. The highest BCUT2D eigenvalue weighted by atomic mass is 35.5. The van der Waals surface area contributed by atoms with Gasteiger partial charge in [0.05, 0.1) is 26.2 Å². The smallest absolute Gasteiger partial charge is 0.244 e. The maximum Gasteiger partial charge on any atom is 0.244 e. The fourth-order valence-corrected chi connectivity index (χ4v) is 4.70. The number of nitrogens with one attached hydrogen (secondary N) is 1. The molecule has 2 aromatic rings. The topological polar surface area (TPSA) is 105 Å². The molecule has 0 aliphatic heterocycles. The standard InChI is InChI=1S/C26H36ClN3O6S/c1-7-18(3)28-26(32)22(8-2)29(16-19-9-11-20(27)12-10-19)25(31)17-30(37(6,33)34)23-15-21(35-4)13-14-24(23)36-5/h9-15,18,22H,7-8,16-17H2,1-6H3,(H,28,32)/t18-,22-/m0/s1. The second kappa shape index (κ2) is 13.5. The molecule has 2 amide bonds. The van der Waals surface area contributed by atoms with Crippen LogP contribution in [0.2, 0.25) is 5.02 Å². The molecule has 9 nitrogen and oxygen atoms in total. The lowest BCUT2D eigenvalue weighted by Crippen LogP contribution is -2.53. The normalized spacial score (nSPS) is 12.8. The molecule has 0 saturated heterocycles. The number of sulfonamides is 1. The molecule has 0 aromatic heterocycles. The molecule has 1 N–H and O–H groups in total. The Bertz CT molecular complexity index is 1170. The first kappa shape index (κ1) is 30.2. The van der Waals surface area contributed by atoms with Crippen LogP contribution in [0.15, 0.2) is 42.5 Å². The predicted molar refractivity (Wildman–Crippen MR) is 146 cm³/mol. The molecule has 37 heavy (non-hydrogen) atoms. The Labute approximate surface area is 224 Å². The van der Waals surface area contributed by atoms with Gasteiger partial charge in [-0.15, -0.1) is 0 Å². The van der Waals surface area contributed by atoms with Gasteiger partial charge >= 0.3 is 0 Å². The van der Waals surface area contributed by atoms with Gasteiger partial charge in [0.15, 0.2) is 0 Å². The fraction of sp³-hybridized carbons (Fsp3) is 0.462. The van der Waals surface area contributed by atoms with E-state index in [1.54, 1.807) is 36.4 Å². The summed E-state index contributed by atoms with van der Waals surface area (Å²) in [5, 5.41) is 3.48. The molecule has 2 aromatic carbocycles. The van der Waals surface area contributed by atoms with E-state index in [9.17, 15) is 18.0 Å². The second-order valence-corrected chi connectivity index (χ2v) is 11.0. The van der Waals surface area contributed by atoms with Gasteiger partial charge in [-0.25, -0.2) is 8.42 Å². The quantitative estimate of drug-likeness (QED) is 0.404. The van der Waals surface area contributed by atoms with Crippen molar-refractivity contribution in [3.8, 4) is 11.5 Å². The first-order valence-electron chi connectivity index (χ1n) is 12.0. The highest BCUT2D eigenvalue weighted by Gasteiger charge is 2.33. The third-order valence-electron chi connectivity index (χ3n) is 5.99. The molecular weight excluding hydrogens is 518 g/mol. The number of rotatable bonds is 13. The number of nitrogens with zero attached hydrogens (tertiary/aromatic N) is 2. The molecule has 0 fully saturated rings. The van der Waals surface area contributed by atoms with Crippen molar-refractivity contribution in [1.29, 1.82) is 0 Å². The zero-order valence-corrected chi connectivity index (χ0v) is 23.7. The Morgan fingerprint density at radius 2 is 1.68 bits per heavy atom. The van der Waals surface area contributed by atoms with Crippen LogP contribution in [-0.4, -0.2) is 64.2 Å². The Hall–Kier alpha value is -2.98. The van der Waals surface area contributed by atoms with Gasteiger partial charge in [-0.1, -0.05) is 37.6 Å². The molecule has 0 aliphatic carbocycles. The number of carbonyl (C=O) groups is 2. The molecule has 0 heterocycles. The van der Waals surface area contributed by atoms with Crippen molar-refractivity contribution in [2.45, 2.75) is 52.2 Å². The van der Waals surface area contributed by atoms with Crippen LogP contribution in [0, 0.1) is 0 Å². The third-order valence-corrected chi connectivity index (χ3v) is 7.37. The Kier molecular flexibility index (Phi) is 11.1. The van der Waals surface area contributed by atoms with Gasteiger partial charge in [-0.2, -0.15) is 0 Å². The van der Waals surface area contributed by atoms with Crippen LogP contribution in [0.1, 0.15) is 39.2 Å². The zero-order valence-electron chi connectivity index (χ0n) is 22.2. The van der Waals surface area contributed by atoms with E-state index >= 15 is 0 Å². The number of carbonyl (C=O) groups excluding carboxylic acids is 2. The van der Waals surface area contributed by atoms with Crippen molar-refractivity contribution in [2.24, 2.45) is 0 Å². The molecule has 0 aliphatic rings. The van der Waals surface area contributed by atoms with Crippen LogP contribution in [0.3, 0.4) is 0 Å². The monoisotopic (exact) mass is 553 g/mol. The third kappa shape index (κ3) is 8.26. The first-order chi connectivity index (χ1) is 17.4. The van der Waals surface area contributed by atoms with Crippen LogP contribution < -0.4 is 19.1 Å². The summed E-state index contributed by atoms with van der Waals surface area (Å²) < 4.78 is 37.3. The Balaban J connectivity index is 2.52. The minimum Gasteiger partial charge on any atom is -0.497 e. The van der Waals surface area contributed by atoms with Crippen molar-refractivity contribution in [1.82, 2.24) is 10.2 Å². The number of benzene rings is 2. The molecule has 0 bridgehead atoms. The van der Waals surface area contributed by atoms with Crippen molar-refractivity contribution in [3.05, 3.63) is 53.1 Å². The van der Waals surface area contributed by atoms with Crippen LogP contribution >= 0.6 is 11.6 Å². The maximum absolute atomic E-state index is 13.8. The SMILES string of the molecule is CC[C@H](C)NC(=O)[C@H](CC)N(Cc1ccc(Cl)cc1)C(=O)CN(c1cc(OC)ccc1OC)S(C)(=O)=O. The largest absolute Gasteiger partial charge is 0.497 e. The summed E-state index contributed by atoms with van der Waals surface area (Å²) in [6.45, 7) is 5.20. The van der Waals surface area contributed by atoms with E-state index < -0.39 is 28.5 Å². The predicted octanol–water partition coefficient (Wildman–Crippen LogP) is 3.85. The molecule has 11 heteroatoms. The van der Waals surface area contributed by atoms with Crippen LogP contribution in [0.5, 0.6) is 11.5 Å². The summed E-state index contributed by atoms with van der Waals surface area (Å²) >= 11 is 6.02. The average molecular weight is 554 g/mol. The van der Waals surface area contributed by atoms with E-state index in [1.165, 1.54) is 25.2 Å². The molecular formula is C26H36ClN3O6S. The van der Waals surface area contributed by atoms with Gasteiger partial charge in [0.1, 0.15) is 24.1 Å². The molecule has 2 atom stereocenters. The average Bonchev–Trinajstić information content (AvgIpc) is 2.86. The summed E-state index contributed by atoms with van der Waals surface area (Å²) in [7, 11) is -1.06. The van der Waals surface area contributed by atoms with E-state index in [0.717, 1.165) is 22.5 Å². The highest BCUT2D eigenvalue weighted by molar-refractivity contribution is 7.92. The summed E-state index contributed by atoms with van der Waals surface area (Å²) in [4.78, 5) is 28.4. The number of anilines is 1. The number of methoxy groups -OCH3 is 2. The Morgan fingerprint density at radius 1 is 1.03 bits per heavy atom. The van der Waals surface area contributed by atoms with Crippen molar-refractivity contribution < 1.29 is 27.5 Å². The molecule has 0 spiro atoms.